The van der Waals surface area contributed by atoms with E-state index >= 15 is 0 Å². The lowest BCUT2D eigenvalue weighted by Gasteiger charge is -2.18. The molecule has 0 saturated carbocycles. The maximum atomic E-state index is 12.1. The molecule has 3 nitrogen and oxygen atoms in total. The first-order valence-corrected chi connectivity index (χ1v) is 5.31. The van der Waals surface area contributed by atoms with Gasteiger partial charge in [0.1, 0.15) is 6.04 Å². The Morgan fingerprint density at radius 2 is 2.00 bits per heavy atom. The van der Waals surface area contributed by atoms with Crippen molar-refractivity contribution in [1.29, 1.82) is 0 Å². The normalized spacial score (nSPS) is 13.4. The van der Waals surface area contributed by atoms with E-state index in [1.807, 2.05) is 12.2 Å². The maximum Gasteiger partial charge on any atom is 0.401 e. The van der Waals surface area contributed by atoms with Gasteiger partial charge in [0.2, 0.25) is 0 Å². The van der Waals surface area contributed by atoms with Crippen molar-refractivity contribution in [3.8, 4) is 0 Å². The van der Waals surface area contributed by atoms with E-state index in [0.29, 0.717) is 11.1 Å². The fourth-order valence-corrected chi connectivity index (χ4v) is 1.70. The first-order chi connectivity index (χ1) is 8.20. The molecule has 1 atom stereocenters. The number of carboxylic acids is 1. The first-order valence-electron chi connectivity index (χ1n) is 5.31. The third-order valence-electron chi connectivity index (χ3n) is 2.49. The predicted octanol–water partition coefficient (Wildman–Crippen LogP) is 2.58. The fourth-order valence-electron chi connectivity index (χ4n) is 1.70. The lowest BCUT2D eigenvalue weighted by molar-refractivity contribution is -0.143. The zero-order chi connectivity index (χ0) is 13.9. The van der Waals surface area contributed by atoms with Crippen LogP contribution in [0, 0.1) is 13.8 Å². The van der Waals surface area contributed by atoms with Crippen LogP contribution in [-0.2, 0) is 4.79 Å². The second-order valence-corrected chi connectivity index (χ2v) is 4.13. The maximum absolute atomic E-state index is 12.1. The van der Waals surface area contributed by atoms with Crippen molar-refractivity contribution in [2.45, 2.75) is 26.1 Å². The van der Waals surface area contributed by atoms with E-state index in [-0.39, 0.29) is 0 Å². The molecular formula is C12H14F3NO2. The second-order valence-electron chi connectivity index (χ2n) is 4.13. The summed E-state index contributed by atoms with van der Waals surface area (Å²) in [4.78, 5) is 11.0. The van der Waals surface area contributed by atoms with E-state index in [9.17, 15) is 18.0 Å². The summed E-state index contributed by atoms with van der Waals surface area (Å²) in [5.41, 5.74) is 1.92. The van der Waals surface area contributed by atoms with Crippen LogP contribution in [0.25, 0.3) is 0 Å². The van der Waals surface area contributed by atoms with Gasteiger partial charge in [-0.05, 0) is 25.0 Å². The highest BCUT2D eigenvalue weighted by molar-refractivity contribution is 5.76. The van der Waals surface area contributed by atoms with E-state index in [4.69, 9.17) is 5.11 Å². The number of rotatable bonds is 4. The Kier molecular flexibility index (Phi) is 4.34. The summed E-state index contributed by atoms with van der Waals surface area (Å²) < 4.78 is 36.3. The van der Waals surface area contributed by atoms with Crippen LogP contribution in [-0.4, -0.2) is 23.8 Å². The van der Waals surface area contributed by atoms with Crippen molar-refractivity contribution >= 4 is 5.97 Å². The van der Waals surface area contributed by atoms with E-state index in [2.05, 4.69) is 0 Å². The predicted molar refractivity (Wildman–Crippen MR) is 60.4 cm³/mol. The highest BCUT2D eigenvalue weighted by Gasteiger charge is 2.31. The Balaban J connectivity index is 2.95. The van der Waals surface area contributed by atoms with Gasteiger partial charge < -0.3 is 5.11 Å². The Morgan fingerprint density at radius 3 is 2.44 bits per heavy atom. The van der Waals surface area contributed by atoms with Crippen molar-refractivity contribution in [3.05, 3.63) is 34.9 Å². The van der Waals surface area contributed by atoms with E-state index in [0.717, 1.165) is 5.56 Å². The second kappa shape index (κ2) is 5.39. The fraction of sp³-hybridized carbons (Fsp3) is 0.417. The van der Waals surface area contributed by atoms with Gasteiger partial charge in [0, 0.05) is 0 Å². The molecule has 1 aromatic carbocycles. The molecule has 0 aliphatic carbocycles. The molecule has 0 fully saturated rings. The molecule has 0 aliphatic rings. The average molecular weight is 261 g/mol. The summed E-state index contributed by atoms with van der Waals surface area (Å²) >= 11 is 0. The number of nitrogens with one attached hydrogen (secondary N) is 1. The standard InChI is InChI=1S/C12H14F3NO2/c1-7-3-4-9(8(2)5-7)10(11(17)18)16-6-12(13,14)15/h3-5,10,16H,6H2,1-2H3,(H,17,18). The van der Waals surface area contributed by atoms with Crippen molar-refractivity contribution < 1.29 is 23.1 Å². The van der Waals surface area contributed by atoms with Crippen molar-refractivity contribution in [2.24, 2.45) is 0 Å². The van der Waals surface area contributed by atoms with Gasteiger partial charge in [-0.2, -0.15) is 13.2 Å². The van der Waals surface area contributed by atoms with Crippen LogP contribution in [0.15, 0.2) is 18.2 Å². The molecule has 0 bridgehead atoms. The summed E-state index contributed by atoms with van der Waals surface area (Å²) in [5.74, 6) is -1.33. The average Bonchev–Trinajstić information content (AvgIpc) is 2.18. The quantitative estimate of drug-likeness (QED) is 0.875. The molecule has 0 radical (unpaired) electrons. The van der Waals surface area contributed by atoms with Gasteiger partial charge in [-0.3, -0.25) is 10.1 Å². The molecule has 1 aromatic rings. The molecule has 0 aromatic heterocycles. The molecule has 2 N–H and O–H groups in total. The number of benzene rings is 1. The number of alkyl halides is 3. The van der Waals surface area contributed by atoms with Gasteiger partial charge in [-0.15, -0.1) is 0 Å². The number of hydrogen-bond acceptors (Lipinski definition) is 2. The molecule has 100 valence electrons. The zero-order valence-corrected chi connectivity index (χ0v) is 10.0. The van der Waals surface area contributed by atoms with Crippen LogP contribution in [0.5, 0.6) is 0 Å². The molecule has 6 heteroatoms. The summed E-state index contributed by atoms with van der Waals surface area (Å²) in [6, 6.07) is 3.59. The number of carbonyl (C=O) groups is 1. The summed E-state index contributed by atoms with van der Waals surface area (Å²) in [6.07, 6.45) is -4.44. The molecule has 0 amide bonds. The Morgan fingerprint density at radius 1 is 1.39 bits per heavy atom. The van der Waals surface area contributed by atoms with Crippen LogP contribution in [0.4, 0.5) is 13.2 Å². The highest BCUT2D eigenvalue weighted by Crippen LogP contribution is 2.21. The number of aryl methyl sites for hydroxylation is 2. The summed E-state index contributed by atoms with van der Waals surface area (Å²) in [7, 11) is 0. The molecular weight excluding hydrogens is 247 g/mol. The summed E-state index contributed by atoms with van der Waals surface area (Å²) in [6.45, 7) is 2.17. The van der Waals surface area contributed by atoms with E-state index in [1.165, 1.54) is 6.07 Å². The van der Waals surface area contributed by atoms with Gasteiger partial charge >= 0.3 is 12.1 Å². The Hall–Kier alpha value is -1.56. The van der Waals surface area contributed by atoms with Crippen molar-refractivity contribution in [2.75, 3.05) is 6.54 Å². The number of aliphatic carboxylic acids is 1. The minimum absolute atomic E-state index is 0.345. The van der Waals surface area contributed by atoms with Gasteiger partial charge in [-0.1, -0.05) is 23.8 Å². The SMILES string of the molecule is Cc1ccc(C(NCC(F)(F)F)C(=O)O)c(C)c1. The van der Waals surface area contributed by atoms with Crippen LogP contribution >= 0.6 is 0 Å². The smallest absolute Gasteiger partial charge is 0.401 e. The summed E-state index contributed by atoms with van der Waals surface area (Å²) in [5, 5.41) is 11.0. The Labute approximate surface area is 103 Å². The minimum Gasteiger partial charge on any atom is -0.480 e. The Bertz CT molecular complexity index is 443. The van der Waals surface area contributed by atoms with Gasteiger partial charge in [0.25, 0.3) is 0 Å². The third-order valence-corrected chi connectivity index (χ3v) is 2.49. The molecule has 18 heavy (non-hydrogen) atoms. The third kappa shape index (κ3) is 4.03. The monoisotopic (exact) mass is 261 g/mol. The molecule has 0 aliphatic heterocycles. The number of halogens is 3. The highest BCUT2D eigenvalue weighted by atomic mass is 19.4. The van der Waals surface area contributed by atoms with Crippen molar-refractivity contribution in [3.63, 3.8) is 0 Å². The molecule has 0 spiro atoms. The number of carboxylic acid groups (broad SMARTS) is 1. The van der Waals surface area contributed by atoms with Gasteiger partial charge in [-0.25, -0.2) is 0 Å². The lowest BCUT2D eigenvalue weighted by Crippen LogP contribution is -2.36. The van der Waals surface area contributed by atoms with Crippen LogP contribution in [0.3, 0.4) is 0 Å². The first kappa shape index (κ1) is 14.5. The van der Waals surface area contributed by atoms with Crippen molar-refractivity contribution in [1.82, 2.24) is 5.32 Å². The minimum atomic E-state index is -4.44. The molecule has 0 heterocycles. The molecule has 1 rings (SSSR count). The lowest BCUT2D eigenvalue weighted by atomic mass is 9.99. The van der Waals surface area contributed by atoms with Gasteiger partial charge in [0.15, 0.2) is 0 Å². The number of hydrogen-bond donors (Lipinski definition) is 2. The largest absolute Gasteiger partial charge is 0.480 e. The van der Waals surface area contributed by atoms with E-state index < -0.39 is 24.7 Å². The van der Waals surface area contributed by atoms with Gasteiger partial charge in [0.05, 0.1) is 6.54 Å². The zero-order valence-electron chi connectivity index (χ0n) is 10.0. The molecule has 1 unspecified atom stereocenters. The topological polar surface area (TPSA) is 49.3 Å². The van der Waals surface area contributed by atoms with Crippen LogP contribution in [0.1, 0.15) is 22.7 Å². The van der Waals surface area contributed by atoms with E-state index in [1.54, 1.807) is 19.1 Å². The molecule has 0 saturated heterocycles. The van der Waals surface area contributed by atoms with Crippen LogP contribution < -0.4 is 5.32 Å². The van der Waals surface area contributed by atoms with Crippen LogP contribution in [0.2, 0.25) is 0 Å².